The van der Waals surface area contributed by atoms with E-state index in [1.54, 1.807) is 0 Å². The van der Waals surface area contributed by atoms with Gasteiger partial charge in [0.2, 0.25) is 0 Å². The Morgan fingerprint density at radius 3 is 1.57 bits per heavy atom. The lowest BCUT2D eigenvalue weighted by Gasteiger charge is -2.28. The summed E-state index contributed by atoms with van der Waals surface area (Å²) in [7, 11) is 2.20. The molecule has 0 amide bonds. The Morgan fingerprint density at radius 2 is 1.11 bits per heavy atom. The van der Waals surface area contributed by atoms with Crippen molar-refractivity contribution >= 4 is 11.4 Å². The molecule has 3 heteroatoms. The Hall–Kier alpha value is -2.00. The Balaban J connectivity index is 1.87. The molecule has 0 bridgehead atoms. The van der Waals surface area contributed by atoms with E-state index in [1.807, 2.05) is 0 Å². The summed E-state index contributed by atoms with van der Waals surface area (Å²) in [4.78, 5) is 4.87. The molecule has 0 aromatic heterocycles. The van der Waals surface area contributed by atoms with Gasteiger partial charge in [0.05, 0.1) is 0 Å². The van der Waals surface area contributed by atoms with Gasteiger partial charge in [0, 0.05) is 51.1 Å². The number of benzene rings is 2. The minimum atomic E-state index is 0.993. The van der Waals surface area contributed by atoms with Crippen molar-refractivity contribution in [2.45, 2.75) is 48.5 Å². The standard InChI is InChI=1S/C25H39N3/c1-9-28(25-22(6)16-19(3)17-23(25)7)13-11-26-10-12-27(8)24-20(4)14-18(2)15-21(24)5/h14-17,26H,9-13H2,1-8H3. The van der Waals surface area contributed by atoms with Crippen LogP contribution in [0.1, 0.15) is 40.3 Å². The molecule has 0 aliphatic rings. The third kappa shape index (κ3) is 5.51. The lowest BCUT2D eigenvalue weighted by atomic mass is 10.0. The van der Waals surface area contributed by atoms with E-state index in [0.717, 1.165) is 32.7 Å². The molecule has 0 saturated heterocycles. The van der Waals surface area contributed by atoms with E-state index in [2.05, 4.69) is 94.9 Å². The molecule has 0 heterocycles. The largest absolute Gasteiger partial charge is 0.373 e. The molecule has 0 aliphatic carbocycles. The molecule has 0 spiro atoms. The van der Waals surface area contributed by atoms with Crippen LogP contribution in [0.15, 0.2) is 24.3 Å². The van der Waals surface area contributed by atoms with Gasteiger partial charge in [-0.3, -0.25) is 0 Å². The zero-order chi connectivity index (χ0) is 20.8. The Labute approximate surface area is 172 Å². The van der Waals surface area contributed by atoms with Crippen LogP contribution in [0.5, 0.6) is 0 Å². The summed E-state index contributed by atoms with van der Waals surface area (Å²) in [5.41, 5.74) is 10.9. The molecule has 154 valence electrons. The van der Waals surface area contributed by atoms with Crippen LogP contribution in [0.25, 0.3) is 0 Å². The zero-order valence-electron chi connectivity index (χ0n) is 19.2. The summed E-state index contributed by atoms with van der Waals surface area (Å²) in [6.07, 6.45) is 0. The van der Waals surface area contributed by atoms with Gasteiger partial charge in [-0.05, 0) is 70.7 Å². The summed E-state index contributed by atoms with van der Waals surface area (Å²) in [6, 6.07) is 9.13. The monoisotopic (exact) mass is 381 g/mol. The Morgan fingerprint density at radius 1 is 0.679 bits per heavy atom. The fraction of sp³-hybridized carbons (Fsp3) is 0.520. The Bertz CT molecular complexity index is 748. The summed E-state index contributed by atoms with van der Waals surface area (Å²) in [6.45, 7) is 20.6. The minimum absolute atomic E-state index is 0.993. The quantitative estimate of drug-likeness (QED) is 0.610. The Kier molecular flexibility index (Phi) is 7.94. The molecule has 0 radical (unpaired) electrons. The van der Waals surface area contributed by atoms with E-state index in [-0.39, 0.29) is 0 Å². The molecule has 0 atom stereocenters. The third-order valence-corrected chi connectivity index (χ3v) is 5.53. The van der Waals surface area contributed by atoms with Crippen molar-refractivity contribution < 1.29 is 0 Å². The number of hydrogen-bond donors (Lipinski definition) is 1. The first-order valence-electron chi connectivity index (χ1n) is 10.6. The second-order valence-electron chi connectivity index (χ2n) is 8.25. The number of rotatable bonds is 9. The second kappa shape index (κ2) is 9.97. The SMILES string of the molecule is CCN(CCNCCN(C)c1c(C)cc(C)cc1C)c1c(C)cc(C)cc1C. The third-order valence-electron chi connectivity index (χ3n) is 5.53. The van der Waals surface area contributed by atoms with Gasteiger partial charge in [0.1, 0.15) is 0 Å². The van der Waals surface area contributed by atoms with Crippen LogP contribution < -0.4 is 15.1 Å². The smallest absolute Gasteiger partial charge is 0.0426 e. The van der Waals surface area contributed by atoms with Crippen LogP contribution in [-0.2, 0) is 0 Å². The van der Waals surface area contributed by atoms with E-state index in [1.165, 1.54) is 44.8 Å². The first-order chi connectivity index (χ1) is 13.2. The number of likely N-dealkylation sites (N-methyl/N-ethyl adjacent to an activating group) is 2. The van der Waals surface area contributed by atoms with Gasteiger partial charge in [0.15, 0.2) is 0 Å². The molecular formula is C25H39N3. The van der Waals surface area contributed by atoms with Crippen molar-refractivity contribution in [3.8, 4) is 0 Å². The first-order valence-corrected chi connectivity index (χ1v) is 10.6. The second-order valence-corrected chi connectivity index (χ2v) is 8.25. The summed E-state index contributed by atoms with van der Waals surface area (Å²) in [5.74, 6) is 0. The van der Waals surface area contributed by atoms with Gasteiger partial charge >= 0.3 is 0 Å². The molecule has 0 aliphatic heterocycles. The van der Waals surface area contributed by atoms with Crippen molar-refractivity contribution in [3.63, 3.8) is 0 Å². The van der Waals surface area contributed by atoms with Crippen molar-refractivity contribution in [3.05, 3.63) is 57.6 Å². The molecular weight excluding hydrogens is 342 g/mol. The van der Waals surface area contributed by atoms with Crippen LogP contribution in [0.2, 0.25) is 0 Å². The average molecular weight is 382 g/mol. The van der Waals surface area contributed by atoms with Crippen molar-refractivity contribution in [2.24, 2.45) is 0 Å². The van der Waals surface area contributed by atoms with Crippen molar-refractivity contribution in [1.82, 2.24) is 5.32 Å². The van der Waals surface area contributed by atoms with Crippen molar-refractivity contribution in [1.29, 1.82) is 0 Å². The molecule has 0 fully saturated rings. The lowest BCUT2D eigenvalue weighted by Crippen LogP contribution is -2.36. The predicted molar refractivity (Wildman–Crippen MR) is 125 cm³/mol. The topological polar surface area (TPSA) is 18.5 Å². The highest BCUT2D eigenvalue weighted by Crippen LogP contribution is 2.26. The number of nitrogens with one attached hydrogen (secondary N) is 1. The fourth-order valence-electron chi connectivity index (χ4n) is 4.57. The molecule has 0 unspecified atom stereocenters. The summed E-state index contributed by atoms with van der Waals surface area (Å²) in [5, 5.41) is 3.64. The van der Waals surface area contributed by atoms with E-state index in [9.17, 15) is 0 Å². The molecule has 2 aromatic rings. The minimum Gasteiger partial charge on any atom is -0.373 e. The maximum atomic E-state index is 3.64. The molecule has 2 aromatic carbocycles. The van der Waals surface area contributed by atoms with E-state index in [4.69, 9.17) is 0 Å². The maximum Gasteiger partial charge on any atom is 0.0426 e. The van der Waals surface area contributed by atoms with Crippen LogP contribution in [0, 0.1) is 41.5 Å². The van der Waals surface area contributed by atoms with Gasteiger partial charge in [-0.15, -0.1) is 0 Å². The number of anilines is 2. The van der Waals surface area contributed by atoms with Gasteiger partial charge in [-0.1, -0.05) is 35.4 Å². The van der Waals surface area contributed by atoms with E-state index < -0.39 is 0 Å². The molecule has 2 rings (SSSR count). The van der Waals surface area contributed by atoms with Gasteiger partial charge in [-0.2, -0.15) is 0 Å². The van der Waals surface area contributed by atoms with Gasteiger partial charge in [-0.25, -0.2) is 0 Å². The maximum absolute atomic E-state index is 3.64. The lowest BCUT2D eigenvalue weighted by molar-refractivity contribution is 0.657. The van der Waals surface area contributed by atoms with Crippen molar-refractivity contribution in [2.75, 3.05) is 49.6 Å². The molecule has 28 heavy (non-hydrogen) atoms. The number of nitrogens with zero attached hydrogens (tertiary/aromatic N) is 2. The van der Waals surface area contributed by atoms with E-state index >= 15 is 0 Å². The average Bonchev–Trinajstić information content (AvgIpc) is 2.58. The highest BCUT2D eigenvalue weighted by atomic mass is 15.2. The number of aryl methyl sites for hydroxylation is 6. The van der Waals surface area contributed by atoms with Crippen LogP contribution in [0.3, 0.4) is 0 Å². The van der Waals surface area contributed by atoms with E-state index in [0.29, 0.717) is 0 Å². The van der Waals surface area contributed by atoms with Crippen LogP contribution >= 0.6 is 0 Å². The molecule has 3 nitrogen and oxygen atoms in total. The van der Waals surface area contributed by atoms with Crippen LogP contribution in [-0.4, -0.2) is 39.8 Å². The number of hydrogen-bond acceptors (Lipinski definition) is 3. The molecule has 1 N–H and O–H groups in total. The van der Waals surface area contributed by atoms with Crippen LogP contribution in [0.4, 0.5) is 11.4 Å². The highest BCUT2D eigenvalue weighted by molar-refractivity contribution is 5.60. The molecule has 0 saturated carbocycles. The fourth-order valence-corrected chi connectivity index (χ4v) is 4.57. The summed E-state index contributed by atoms with van der Waals surface area (Å²) < 4.78 is 0. The summed E-state index contributed by atoms with van der Waals surface area (Å²) >= 11 is 0. The normalized spacial score (nSPS) is 11.0. The highest BCUT2D eigenvalue weighted by Gasteiger charge is 2.12. The zero-order valence-corrected chi connectivity index (χ0v) is 19.2. The predicted octanol–water partition coefficient (Wildman–Crippen LogP) is 5.09. The van der Waals surface area contributed by atoms with Gasteiger partial charge < -0.3 is 15.1 Å². The van der Waals surface area contributed by atoms with Gasteiger partial charge in [0.25, 0.3) is 0 Å². The first kappa shape index (κ1) is 22.3.